The van der Waals surface area contributed by atoms with Crippen LogP contribution in [0.2, 0.25) is 0 Å². The standard InChI is InChI=1S/C16H13NO/c18-16-13(10-12-6-4-5-9-15(12)16)11-17-14-7-2-1-3-8-14/h1-9,11,17H,10H2. The van der Waals surface area contributed by atoms with Gasteiger partial charge in [0.25, 0.3) is 0 Å². The topological polar surface area (TPSA) is 29.1 Å². The summed E-state index contributed by atoms with van der Waals surface area (Å²) in [6.45, 7) is 0. The number of hydrogen-bond donors (Lipinski definition) is 1. The molecule has 0 aliphatic heterocycles. The van der Waals surface area contributed by atoms with Crippen LogP contribution in [0, 0.1) is 0 Å². The second-order valence-corrected chi connectivity index (χ2v) is 4.34. The Labute approximate surface area is 106 Å². The van der Waals surface area contributed by atoms with Crippen LogP contribution in [0.4, 0.5) is 5.69 Å². The molecule has 1 aliphatic rings. The van der Waals surface area contributed by atoms with Crippen molar-refractivity contribution in [3.63, 3.8) is 0 Å². The highest BCUT2D eigenvalue weighted by Crippen LogP contribution is 2.25. The lowest BCUT2D eigenvalue weighted by Crippen LogP contribution is -1.98. The third-order valence-electron chi connectivity index (χ3n) is 3.12. The van der Waals surface area contributed by atoms with Crippen molar-refractivity contribution in [2.45, 2.75) is 6.42 Å². The van der Waals surface area contributed by atoms with Gasteiger partial charge >= 0.3 is 0 Å². The molecule has 0 unspecified atom stereocenters. The summed E-state index contributed by atoms with van der Waals surface area (Å²) in [6, 6.07) is 17.6. The normalized spacial score (nSPS) is 15.8. The van der Waals surface area contributed by atoms with E-state index in [2.05, 4.69) is 5.32 Å². The van der Waals surface area contributed by atoms with E-state index >= 15 is 0 Å². The minimum absolute atomic E-state index is 0.133. The Morgan fingerprint density at radius 1 is 0.944 bits per heavy atom. The Bertz CT molecular complexity index is 614. The van der Waals surface area contributed by atoms with Crippen LogP contribution in [0.3, 0.4) is 0 Å². The molecule has 0 saturated heterocycles. The SMILES string of the molecule is O=C1C(=CNc2ccccc2)Cc2ccccc21. The largest absolute Gasteiger partial charge is 0.361 e. The molecule has 18 heavy (non-hydrogen) atoms. The molecule has 2 aromatic rings. The molecular formula is C16H13NO. The van der Waals surface area contributed by atoms with Gasteiger partial charge in [0.2, 0.25) is 0 Å². The van der Waals surface area contributed by atoms with Crippen LogP contribution in [0.1, 0.15) is 15.9 Å². The lowest BCUT2D eigenvalue weighted by Gasteiger charge is -2.01. The maximum absolute atomic E-state index is 12.1. The molecule has 1 aliphatic carbocycles. The van der Waals surface area contributed by atoms with Gasteiger partial charge in [-0.05, 0) is 17.7 Å². The number of rotatable bonds is 2. The molecule has 0 amide bonds. The van der Waals surface area contributed by atoms with Crippen molar-refractivity contribution in [2.75, 3.05) is 5.32 Å². The molecule has 0 bridgehead atoms. The van der Waals surface area contributed by atoms with Gasteiger partial charge in [-0.3, -0.25) is 4.79 Å². The van der Waals surface area contributed by atoms with E-state index in [1.807, 2.05) is 60.8 Å². The summed E-state index contributed by atoms with van der Waals surface area (Å²) in [5, 5.41) is 3.17. The zero-order valence-corrected chi connectivity index (χ0v) is 9.89. The van der Waals surface area contributed by atoms with Gasteiger partial charge in [0.15, 0.2) is 5.78 Å². The van der Waals surface area contributed by atoms with Gasteiger partial charge in [0.1, 0.15) is 0 Å². The highest BCUT2D eigenvalue weighted by molar-refractivity contribution is 6.13. The Morgan fingerprint density at radius 3 is 2.44 bits per heavy atom. The smallest absolute Gasteiger partial charge is 0.191 e. The third-order valence-corrected chi connectivity index (χ3v) is 3.12. The van der Waals surface area contributed by atoms with E-state index in [9.17, 15) is 4.79 Å². The van der Waals surface area contributed by atoms with Crippen LogP contribution in [0.15, 0.2) is 66.4 Å². The summed E-state index contributed by atoms with van der Waals surface area (Å²) in [7, 11) is 0. The summed E-state index contributed by atoms with van der Waals surface area (Å²) in [4.78, 5) is 12.1. The number of carbonyl (C=O) groups is 1. The van der Waals surface area contributed by atoms with E-state index in [4.69, 9.17) is 0 Å². The number of ketones is 1. The summed E-state index contributed by atoms with van der Waals surface area (Å²) in [5.41, 5.74) is 3.76. The average molecular weight is 235 g/mol. The van der Waals surface area contributed by atoms with Crippen LogP contribution < -0.4 is 5.32 Å². The fourth-order valence-electron chi connectivity index (χ4n) is 2.18. The van der Waals surface area contributed by atoms with Crippen molar-refractivity contribution < 1.29 is 4.79 Å². The minimum atomic E-state index is 0.133. The molecular weight excluding hydrogens is 222 g/mol. The molecule has 0 fully saturated rings. The van der Waals surface area contributed by atoms with E-state index in [0.717, 1.165) is 28.8 Å². The van der Waals surface area contributed by atoms with E-state index in [1.54, 1.807) is 0 Å². The number of Topliss-reactive ketones (excluding diaryl/α,β-unsaturated/α-hetero) is 1. The predicted molar refractivity (Wildman–Crippen MR) is 72.6 cm³/mol. The maximum atomic E-state index is 12.1. The van der Waals surface area contributed by atoms with Crippen LogP contribution in [-0.4, -0.2) is 5.78 Å². The highest BCUT2D eigenvalue weighted by atomic mass is 16.1. The molecule has 3 rings (SSSR count). The number of benzene rings is 2. The van der Waals surface area contributed by atoms with Crippen molar-refractivity contribution >= 4 is 11.5 Å². The molecule has 2 aromatic carbocycles. The molecule has 0 spiro atoms. The Balaban J connectivity index is 1.82. The van der Waals surface area contributed by atoms with Crippen molar-refractivity contribution in [2.24, 2.45) is 0 Å². The van der Waals surface area contributed by atoms with Gasteiger partial charge in [0, 0.05) is 29.4 Å². The van der Waals surface area contributed by atoms with Crippen LogP contribution >= 0.6 is 0 Å². The first-order valence-electron chi connectivity index (χ1n) is 5.98. The summed E-state index contributed by atoms with van der Waals surface area (Å²) >= 11 is 0. The van der Waals surface area contributed by atoms with E-state index in [-0.39, 0.29) is 5.78 Å². The number of hydrogen-bond acceptors (Lipinski definition) is 2. The Kier molecular flexibility index (Phi) is 2.69. The lowest BCUT2D eigenvalue weighted by molar-refractivity contribution is 0.103. The first kappa shape index (κ1) is 10.8. The first-order chi connectivity index (χ1) is 8.84. The second-order valence-electron chi connectivity index (χ2n) is 4.34. The van der Waals surface area contributed by atoms with Gasteiger partial charge in [0.05, 0.1) is 0 Å². The number of fused-ring (bicyclic) bond motifs is 1. The quantitative estimate of drug-likeness (QED) is 0.808. The van der Waals surface area contributed by atoms with Gasteiger partial charge < -0.3 is 5.32 Å². The van der Waals surface area contributed by atoms with E-state index < -0.39 is 0 Å². The summed E-state index contributed by atoms with van der Waals surface area (Å²) < 4.78 is 0. The van der Waals surface area contributed by atoms with Crippen molar-refractivity contribution in [1.82, 2.24) is 0 Å². The summed E-state index contributed by atoms with van der Waals surface area (Å²) in [5.74, 6) is 0.133. The molecule has 0 aromatic heterocycles. The molecule has 0 heterocycles. The highest BCUT2D eigenvalue weighted by Gasteiger charge is 2.23. The van der Waals surface area contributed by atoms with Crippen LogP contribution in [-0.2, 0) is 6.42 Å². The number of para-hydroxylation sites is 1. The Morgan fingerprint density at radius 2 is 1.67 bits per heavy atom. The fraction of sp³-hybridized carbons (Fsp3) is 0.0625. The van der Waals surface area contributed by atoms with E-state index in [1.165, 1.54) is 0 Å². The average Bonchev–Trinajstić information content (AvgIpc) is 2.75. The van der Waals surface area contributed by atoms with Crippen molar-refractivity contribution in [1.29, 1.82) is 0 Å². The van der Waals surface area contributed by atoms with Crippen LogP contribution in [0.25, 0.3) is 0 Å². The Hall–Kier alpha value is -2.35. The number of nitrogens with one attached hydrogen (secondary N) is 1. The zero-order chi connectivity index (χ0) is 12.4. The van der Waals surface area contributed by atoms with Gasteiger partial charge in [-0.2, -0.15) is 0 Å². The fourth-order valence-corrected chi connectivity index (χ4v) is 2.18. The maximum Gasteiger partial charge on any atom is 0.191 e. The molecule has 1 N–H and O–H groups in total. The van der Waals surface area contributed by atoms with Crippen molar-refractivity contribution in [3.8, 4) is 0 Å². The molecule has 88 valence electrons. The molecule has 0 atom stereocenters. The number of carbonyl (C=O) groups excluding carboxylic acids is 1. The molecule has 0 saturated carbocycles. The zero-order valence-electron chi connectivity index (χ0n) is 9.89. The van der Waals surface area contributed by atoms with Crippen LogP contribution in [0.5, 0.6) is 0 Å². The number of anilines is 1. The molecule has 2 nitrogen and oxygen atoms in total. The lowest BCUT2D eigenvalue weighted by atomic mass is 10.1. The minimum Gasteiger partial charge on any atom is -0.361 e. The van der Waals surface area contributed by atoms with Gasteiger partial charge in [-0.25, -0.2) is 0 Å². The second kappa shape index (κ2) is 4.49. The number of allylic oxidation sites excluding steroid dienone is 1. The van der Waals surface area contributed by atoms with E-state index in [0.29, 0.717) is 0 Å². The van der Waals surface area contributed by atoms with Gasteiger partial charge in [-0.1, -0.05) is 42.5 Å². The molecule has 0 radical (unpaired) electrons. The monoisotopic (exact) mass is 235 g/mol. The molecule has 2 heteroatoms. The predicted octanol–water partition coefficient (Wildman–Crippen LogP) is 3.42. The third kappa shape index (κ3) is 1.93. The first-order valence-corrected chi connectivity index (χ1v) is 5.98. The van der Waals surface area contributed by atoms with Crippen molar-refractivity contribution in [3.05, 3.63) is 77.5 Å². The summed E-state index contributed by atoms with van der Waals surface area (Å²) in [6.07, 6.45) is 2.53. The van der Waals surface area contributed by atoms with Gasteiger partial charge in [-0.15, -0.1) is 0 Å².